The molecule has 2 amide bonds. The largest absolute Gasteiger partial charge is 0.352 e. The van der Waals surface area contributed by atoms with Gasteiger partial charge in [-0.2, -0.15) is 0 Å². The Balaban J connectivity index is 1.43. The molecule has 0 radical (unpaired) electrons. The summed E-state index contributed by atoms with van der Waals surface area (Å²) >= 11 is 0. The number of hydrogen-bond donors (Lipinski definition) is 1. The number of hydrogen-bond acceptors (Lipinski definition) is 3. The number of fused-ring (bicyclic) bond motifs is 1. The first-order valence-electron chi connectivity index (χ1n) is 8.22. The highest BCUT2D eigenvalue weighted by atomic mass is 16.2. The molecule has 3 rings (SSSR count). The van der Waals surface area contributed by atoms with Crippen molar-refractivity contribution in [3.63, 3.8) is 0 Å². The Morgan fingerprint density at radius 3 is 2.58 bits per heavy atom. The predicted molar refractivity (Wildman–Crippen MR) is 90.9 cm³/mol. The Hall–Kier alpha value is -2.69. The summed E-state index contributed by atoms with van der Waals surface area (Å²) in [6.45, 7) is 1.84. The van der Waals surface area contributed by atoms with Gasteiger partial charge in [-0.15, -0.1) is 0 Å². The van der Waals surface area contributed by atoms with Gasteiger partial charge in [-0.05, 0) is 35.2 Å². The van der Waals surface area contributed by atoms with Crippen molar-refractivity contribution >= 4 is 11.8 Å². The minimum Gasteiger partial charge on any atom is -0.352 e. The van der Waals surface area contributed by atoms with E-state index < -0.39 is 0 Å². The third kappa shape index (κ3) is 4.19. The summed E-state index contributed by atoms with van der Waals surface area (Å²) in [5, 5.41) is 2.84. The van der Waals surface area contributed by atoms with E-state index in [0.717, 1.165) is 18.5 Å². The molecule has 0 aliphatic carbocycles. The number of rotatable bonds is 5. The molecule has 2 heterocycles. The Morgan fingerprint density at radius 1 is 1.04 bits per heavy atom. The molecule has 0 saturated heterocycles. The Kier molecular flexibility index (Phi) is 5.21. The molecule has 5 heteroatoms. The van der Waals surface area contributed by atoms with Crippen LogP contribution in [0.3, 0.4) is 0 Å². The van der Waals surface area contributed by atoms with Crippen LogP contribution in [0.2, 0.25) is 0 Å². The number of nitrogens with one attached hydrogen (secondary N) is 1. The van der Waals surface area contributed by atoms with Crippen molar-refractivity contribution in [2.75, 3.05) is 6.54 Å². The maximum Gasteiger partial charge on any atom is 0.223 e. The molecule has 0 spiro atoms. The van der Waals surface area contributed by atoms with Crippen molar-refractivity contribution in [1.29, 1.82) is 0 Å². The fraction of sp³-hybridized carbons (Fsp3) is 0.316. The molecule has 24 heavy (non-hydrogen) atoms. The van der Waals surface area contributed by atoms with Gasteiger partial charge in [0.05, 0.1) is 0 Å². The number of aromatic nitrogens is 1. The standard InChI is InChI=1S/C19H21N3O2/c23-18(21-13-15-7-10-20-11-8-15)5-6-19(24)22-12-9-16-3-1-2-4-17(16)14-22/h1-4,7-8,10-11H,5-6,9,12-14H2,(H,21,23). The molecule has 0 unspecified atom stereocenters. The maximum absolute atomic E-state index is 12.3. The van der Waals surface area contributed by atoms with E-state index in [-0.39, 0.29) is 24.7 Å². The summed E-state index contributed by atoms with van der Waals surface area (Å²) in [5.41, 5.74) is 3.52. The van der Waals surface area contributed by atoms with Crippen LogP contribution in [0.1, 0.15) is 29.5 Å². The minimum absolute atomic E-state index is 0.0450. The third-order valence-corrected chi connectivity index (χ3v) is 4.29. The lowest BCUT2D eigenvalue weighted by Gasteiger charge is -2.28. The van der Waals surface area contributed by atoms with E-state index in [1.807, 2.05) is 29.2 Å². The van der Waals surface area contributed by atoms with Gasteiger partial charge in [0.2, 0.25) is 11.8 Å². The van der Waals surface area contributed by atoms with Gasteiger partial charge in [0.15, 0.2) is 0 Å². The van der Waals surface area contributed by atoms with E-state index in [1.165, 1.54) is 11.1 Å². The van der Waals surface area contributed by atoms with Gasteiger partial charge in [0, 0.05) is 44.9 Å². The van der Waals surface area contributed by atoms with Crippen LogP contribution in [0.4, 0.5) is 0 Å². The summed E-state index contributed by atoms with van der Waals surface area (Å²) in [6.07, 6.45) is 4.75. The summed E-state index contributed by atoms with van der Waals surface area (Å²) in [6, 6.07) is 11.9. The van der Waals surface area contributed by atoms with Crippen LogP contribution in [0.5, 0.6) is 0 Å². The van der Waals surface area contributed by atoms with E-state index in [1.54, 1.807) is 12.4 Å². The molecule has 2 aromatic rings. The number of benzene rings is 1. The molecule has 5 nitrogen and oxygen atoms in total. The molecule has 1 aliphatic heterocycles. The number of pyridine rings is 1. The summed E-state index contributed by atoms with van der Waals surface area (Å²) in [7, 11) is 0. The molecule has 1 aromatic heterocycles. The van der Waals surface area contributed by atoms with E-state index >= 15 is 0 Å². The maximum atomic E-state index is 12.3. The van der Waals surface area contributed by atoms with Gasteiger partial charge >= 0.3 is 0 Å². The van der Waals surface area contributed by atoms with Crippen LogP contribution in [-0.2, 0) is 29.1 Å². The van der Waals surface area contributed by atoms with Crippen LogP contribution in [-0.4, -0.2) is 28.2 Å². The molecule has 1 aliphatic rings. The molecule has 0 bridgehead atoms. The van der Waals surface area contributed by atoms with Crippen molar-refractivity contribution < 1.29 is 9.59 Å². The van der Waals surface area contributed by atoms with Gasteiger partial charge in [-0.3, -0.25) is 14.6 Å². The molecular weight excluding hydrogens is 302 g/mol. The van der Waals surface area contributed by atoms with Crippen molar-refractivity contribution in [1.82, 2.24) is 15.2 Å². The lowest BCUT2D eigenvalue weighted by atomic mass is 9.99. The normalized spacial score (nSPS) is 13.2. The van der Waals surface area contributed by atoms with E-state index in [0.29, 0.717) is 13.1 Å². The number of carbonyl (C=O) groups excluding carboxylic acids is 2. The predicted octanol–water partition coefficient (Wildman–Crippen LogP) is 2.06. The lowest BCUT2D eigenvalue weighted by Crippen LogP contribution is -2.36. The lowest BCUT2D eigenvalue weighted by molar-refractivity contribution is -0.134. The first kappa shape index (κ1) is 16.2. The van der Waals surface area contributed by atoms with Crippen molar-refractivity contribution in [2.24, 2.45) is 0 Å². The van der Waals surface area contributed by atoms with E-state index in [4.69, 9.17) is 0 Å². The average molecular weight is 323 g/mol. The van der Waals surface area contributed by atoms with Gasteiger partial charge in [0.1, 0.15) is 0 Å². The van der Waals surface area contributed by atoms with E-state index in [9.17, 15) is 9.59 Å². The molecule has 0 fully saturated rings. The number of carbonyl (C=O) groups is 2. The number of nitrogens with zero attached hydrogens (tertiary/aromatic N) is 2. The SMILES string of the molecule is O=C(CCC(=O)N1CCc2ccccc2C1)NCc1ccncc1. The first-order chi connectivity index (χ1) is 11.7. The highest BCUT2D eigenvalue weighted by Gasteiger charge is 2.20. The highest BCUT2D eigenvalue weighted by molar-refractivity contribution is 5.83. The van der Waals surface area contributed by atoms with Gasteiger partial charge in [-0.1, -0.05) is 24.3 Å². The van der Waals surface area contributed by atoms with Gasteiger partial charge < -0.3 is 10.2 Å². The summed E-state index contributed by atoms with van der Waals surface area (Å²) < 4.78 is 0. The molecule has 1 aromatic carbocycles. The zero-order valence-corrected chi connectivity index (χ0v) is 13.6. The van der Waals surface area contributed by atoms with Crippen LogP contribution in [0, 0.1) is 0 Å². The smallest absolute Gasteiger partial charge is 0.223 e. The molecule has 124 valence electrons. The third-order valence-electron chi connectivity index (χ3n) is 4.29. The van der Waals surface area contributed by atoms with Crippen LogP contribution < -0.4 is 5.32 Å². The van der Waals surface area contributed by atoms with Crippen molar-refractivity contribution in [2.45, 2.75) is 32.4 Å². The topological polar surface area (TPSA) is 62.3 Å². The molecule has 0 atom stereocenters. The highest BCUT2D eigenvalue weighted by Crippen LogP contribution is 2.19. The fourth-order valence-corrected chi connectivity index (χ4v) is 2.88. The van der Waals surface area contributed by atoms with Crippen LogP contribution >= 0.6 is 0 Å². The molecular formula is C19H21N3O2. The first-order valence-corrected chi connectivity index (χ1v) is 8.22. The minimum atomic E-state index is -0.0995. The monoisotopic (exact) mass is 323 g/mol. The summed E-state index contributed by atoms with van der Waals surface area (Å²) in [5.74, 6) is -0.0545. The number of amides is 2. The Bertz CT molecular complexity index is 716. The second kappa shape index (κ2) is 7.73. The molecule has 1 N–H and O–H groups in total. The zero-order chi connectivity index (χ0) is 16.8. The average Bonchev–Trinajstić information content (AvgIpc) is 2.65. The quantitative estimate of drug-likeness (QED) is 0.916. The van der Waals surface area contributed by atoms with E-state index in [2.05, 4.69) is 22.4 Å². The van der Waals surface area contributed by atoms with Crippen LogP contribution in [0.15, 0.2) is 48.8 Å². The Morgan fingerprint density at radius 2 is 1.79 bits per heavy atom. The fourth-order valence-electron chi connectivity index (χ4n) is 2.88. The van der Waals surface area contributed by atoms with Gasteiger partial charge in [-0.25, -0.2) is 0 Å². The van der Waals surface area contributed by atoms with Crippen molar-refractivity contribution in [3.8, 4) is 0 Å². The molecule has 0 saturated carbocycles. The van der Waals surface area contributed by atoms with Crippen molar-refractivity contribution in [3.05, 3.63) is 65.5 Å². The summed E-state index contributed by atoms with van der Waals surface area (Å²) in [4.78, 5) is 30.0. The van der Waals surface area contributed by atoms with Gasteiger partial charge in [0.25, 0.3) is 0 Å². The second-order valence-electron chi connectivity index (χ2n) is 5.97. The second-order valence-corrected chi connectivity index (χ2v) is 5.97. The zero-order valence-electron chi connectivity index (χ0n) is 13.6. The Labute approximate surface area is 141 Å². The van der Waals surface area contributed by atoms with Crippen LogP contribution in [0.25, 0.3) is 0 Å².